The summed E-state index contributed by atoms with van der Waals surface area (Å²) >= 11 is 9.83. The van der Waals surface area contributed by atoms with E-state index in [9.17, 15) is 0 Å². The number of methoxy groups -OCH3 is 1. The smallest absolute Gasteiger partial charge is 0.162 e. The van der Waals surface area contributed by atoms with E-state index in [0.29, 0.717) is 5.15 Å². The first-order chi connectivity index (χ1) is 9.30. The zero-order valence-corrected chi connectivity index (χ0v) is 14.9. The second kappa shape index (κ2) is 5.90. The summed E-state index contributed by atoms with van der Waals surface area (Å²) in [5, 5.41) is 0.474. The van der Waals surface area contributed by atoms with Crippen LogP contribution in [0, 0.1) is 0 Å². The molecule has 1 saturated carbocycles. The lowest BCUT2D eigenvalue weighted by Crippen LogP contribution is -2.34. The van der Waals surface area contributed by atoms with Gasteiger partial charge in [-0.1, -0.05) is 51.6 Å². The molecule has 0 aromatic carbocycles. The van der Waals surface area contributed by atoms with Crippen LogP contribution in [0.25, 0.3) is 0 Å². The predicted octanol–water partition coefficient (Wildman–Crippen LogP) is 5.00. The summed E-state index contributed by atoms with van der Waals surface area (Å²) in [6, 6.07) is 0. The molecule has 0 atom stereocenters. The molecule has 0 bridgehead atoms. The number of rotatable bonds is 2. The number of ether oxygens (including phenoxy) is 1. The van der Waals surface area contributed by atoms with Gasteiger partial charge in [-0.3, -0.25) is 0 Å². The molecule has 3 nitrogen and oxygen atoms in total. The van der Waals surface area contributed by atoms with Gasteiger partial charge < -0.3 is 4.74 Å². The maximum Gasteiger partial charge on any atom is 0.162 e. The lowest BCUT2D eigenvalue weighted by Gasteiger charge is -2.35. The summed E-state index contributed by atoms with van der Waals surface area (Å²) in [6.07, 6.45) is 5.48. The minimum absolute atomic E-state index is 0.0935. The molecule has 5 heteroatoms. The molecule has 0 N–H and O–H groups in total. The molecule has 1 aromatic heterocycles. The fourth-order valence-corrected chi connectivity index (χ4v) is 3.70. The van der Waals surface area contributed by atoms with Crippen molar-refractivity contribution in [1.82, 2.24) is 9.97 Å². The summed E-state index contributed by atoms with van der Waals surface area (Å²) in [6.45, 7) is 6.38. The Morgan fingerprint density at radius 3 is 2.25 bits per heavy atom. The molecule has 0 aliphatic heterocycles. The summed E-state index contributed by atoms with van der Waals surface area (Å²) < 4.78 is 6.62. The van der Waals surface area contributed by atoms with Crippen LogP contribution in [0.5, 0.6) is 0 Å². The first-order valence-corrected chi connectivity index (χ1v) is 8.26. The monoisotopic (exact) mass is 360 g/mol. The molecule has 0 radical (unpaired) electrons. The van der Waals surface area contributed by atoms with Gasteiger partial charge in [0.2, 0.25) is 0 Å². The third kappa shape index (κ3) is 3.02. The predicted molar refractivity (Wildman–Crippen MR) is 85.2 cm³/mol. The van der Waals surface area contributed by atoms with Crippen LogP contribution in [0.1, 0.15) is 64.4 Å². The zero-order chi connectivity index (χ0) is 15.0. The van der Waals surface area contributed by atoms with E-state index in [2.05, 4.69) is 41.7 Å². The van der Waals surface area contributed by atoms with E-state index in [0.717, 1.165) is 41.7 Å². The van der Waals surface area contributed by atoms with Gasteiger partial charge in [-0.15, -0.1) is 0 Å². The molecule has 1 fully saturated rings. The summed E-state index contributed by atoms with van der Waals surface area (Å²) in [7, 11) is 1.75. The van der Waals surface area contributed by atoms with Gasteiger partial charge in [0.25, 0.3) is 0 Å². The molecule has 1 aliphatic carbocycles. The van der Waals surface area contributed by atoms with Crippen molar-refractivity contribution in [2.45, 2.75) is 63.9 Å². The molecule has 112 valence electrons. The quantitative estimate of drug-likeness (QED) is 0.696. The molecule has 0 spiro atoms. The van der Waals surface area contributed by atoms with Crippen LogP contribution in [-0.2, 0) is 15.8 Å². The Kier molecular flexibility index (Phi) is 4.77. The number of nitrogens with zero attached hydrogens (tertiary/aromatic N) is 2. The van der Waals surface area contributed by atoms with Crippen LogP contribution >= 0.6 is 27.5 Å². The van der Waals surface area contributed by atoms with E-state index in [1.165, 1.54) is 6.42 Å². The van der Waals surface area contributed by atoms with E-state index in [1.54, 1.807) is 7.11 Å². The van der Waals surface area contributed by atoms with Crippen LogP contribution in [0.15, 0.2) is 4.47 Å². The van der Waals surface area contributed by atoms with Crippen molar-refractivity contribution in [2.24, 2.45) is 0 Å². The highest BCUT2D eigenvalue weighted by Crippen LogP contribution is 2.41. The Morgan fingerprint density at radius 1 is 1.15 bits per heavy atom. The lowest BCUT2D eigenvalue weighted by molar-refractivity contribution is -0.0517. The average molecular weight is 362 g/mol. The van der Waals surface area contributed by atoms with E-state index in [-0.39, 0.29) is 11.0 Å². The molecule has 1 aromatic rings. The first-order valence-electron chi connectivity index (χ1n) is 7.09. The summed E-state index contributed by atoms with van der Waals surface area (Å²) in [5.74, 6) is 0.734. The van der Waals surface area contributed by atoms with Gasteiger partial charge in [-0.2, -0.15) is 0 Å². The van der Waals surface area contributed by atoms with Crippen LogP contribution < -0.4 is 0 Å². The molecule has 1 aliphatic rings. The van der Waals surface area contributed by atoms with Gasteiger partial charge in [0.15, 0.2) is 5.82 Å². The lowest BCUT2D eigenvalue weighted by atomic mass is 9.83. The standard InChI is InChI=1S/C15H22BrClN2O/c1-14(2,3)11-10(16)12(17)19-13(18-11)15(20-4)8-6-5-7-9-15/h5-9H2,1-4H3. The third-order valence-electron chi connectivity index (χ3n) is 3.98. The second-order valence-electron chi connectivity index (χ2n) is 6.51. The Hall–Kier alpha value is -0.190. The molecule has 20 heavy (non-hydrogen) atoms. The molecule has 0 saturated heterocycles. The topological polar surface area (TPSA) is 35.0 Å². The van der Waals surface area contributed by atoms with E-state index >= 15 is 0 Å². The van der Waals surface area contributed by atoms with Crippen LogP contribution in [0.2, 0.25) is 5.15 Å². The Morgan fingerprint density at radius 2 is 1.75 bits per heavy atom. The largest absolute Gasteiger partial charge is 0.370 e. The maximum absolute atomic E-state index is 6.31. The highest BCUT2D eigenvalue weighted by Gasteiger charge is 2.38. The molecular formula is C15H22BrClN2O. The highest BCUT2D eigenvalue weighted by molar-refractivity contribution is 9.10. The van der Waals surface area contributed by atoms with Gasteiger partial charge >= 0.3 is 0 Å². The van der Waals surface area contributed by atoms with Crippen LogP contribution in [-0.4, -0.2) is 17.1 Å². The third-order valence-corrected chi connectivity index (χ3v) is 5.23. The number of aromatic nitrogens is 2. The minimum Gasteiger partial charge on any atom is -0.370 e. The summed E-state index contributed by atoms with van der Waals surface area (Å²) in [5.41, 5.74) is 0.473. The number of hydrogen-bond donors (Lipinski definition) is 0. The van der Waals surface area contributed by atoms with Gasteiger partial charge in [-0.05, 0) is 28.8 Å². The van der Waals surface area contributed by atoms with E-state index < -0.39 is 0 Å². The number of halogens is 2. The van der Waals surface area contributed by atoms with Crippen molar-refractivity contribution >= 4 is 27.5 Å². The average Bonchev–Trinajstić information content (AvgIpc) is 2.41. The van der Waals surface area contributed by atoms with Crippen molar-refractivity contribution in [3.63, 3.8) is 0 Å². The Balaban J connectivity index is 2.54. The zero-order valence-electron chi connectivity index (χ0n) is 12.6. The van der Waals surface area contributed by atoms with Crippen molar-refractivity contribution in [2.75, 3.05) is 7.11 Å². The first kappa shape index (κ1) is 16.2. The SMILES string of the molecule is COC1(c2nc(Cl)c(Br)c(C(C)(C)C)n2)CCCCC1. The van der Waals surface area contributed by atoms with Crippen LogP contribution in [0.4, 0.5) is 0 Å². The maximum atomic E-state index is 6.31. The highest BCUT2D eigenvalue weighted by atomic mass is 79.9. The molecular weight excluding hydrogens is 340 g/mol. The normalized spacial score (nSPS) is 19.1. The van der Waals surface area contributed by atoms with Crippen molar-refractivity contribution < 1.29 is 4.74 Å². The fraction of sp³-hybridized carbons (Fsp3) is 0.733. The molecule has 0 amide bonds. The fourth-order valence-electron chi connectivity index (χ4n) is 2.76. The van der Waals surface area contributed by atoms with Crippen LogP contribution in [0.3, 0.4) is 0 Å². The van der Waals surface area contributed by atoms with Gasteiger partial charge in [0.05, 0.1) is 10.2 Å². The van der Waals surface area contributed by atoms with E-state index in [1.807, 2.05) is 0 Å². The Labute approximate surface area is 134 Å². The minimum atomic E-state index is -0.372. The van der Waals surface area contributed by atoms with Crippen molar-refractivity contribution in [1.29, 1.82) is 0 Å². The van der Waals surface area contributed by atoms with Crippen molar-refractivity contribution in [3.8, 4) is 0 Å². The molecule has 2 rings (SSSR count). The summed E-state index contributed by atoms with van der Waals surface area (Å²) in [4.78, 5) is 9.30. The molecule has 1 heterocycles. The van der Waals surface area contributed by atoms with Gasteiger partial charge in [0, 0.05) is 12.5 Å². The van der Waals surface area contributed by atoms with Gasteiger partial charge in [-0.25, -0.2) is 9.97 Å². The van der Waals surface area contributed by atoms with Crippen molar-refractivity contribution in [3.05, 3.63) is 21.1 Å². The Bertz CT molecular complexity index is 493. The van der Waals surface area contributed by atoms with Gasteiger partial charge in [0.1, 0.15) is 10.8 Å². The number of hydrogen-bond acceptors (Lipinski definition) is 3. The molecule has 0 unspecified atom stereocenters. The second-order valence-corrected chi connectivity index (χ2v) is 7.66. The van der Waals surface area contributed by atoms with E-state index in [4.69, 9.17) is 21.3 Å².